The zero-order valence-corrected chi connectivity index (χ0v) is 12.8. The van der Waals surface area contributed by atoms with Gasteiger partial charge in [-0.25, -0.2) is 13.2 Å². The minimum Gasteiger partial charge on any atom is -0.360 e. The van der Waals surface area contributed by atoms with Gasteiger partial charge in [0.2, 0.25) is 0 Å². The molecule has 6 nitrogen and oxygen atoms in total. The summed E-state index contributed by atoms with van der Waals surface area (Å²) < 4.78 is 44.7. The Labute approximate surface area is 139 Å². The first-order valence-electron chi connectivity index (χ1n) is 7.05. The van der Waals surface area contributed by atoms with Crippen molar-refractivity contribution in [2.45, 2.75) is 6.92 Å². The average Bonchev–Trinajstić information content (AvgIpc) is 3.00. The molecule has 0 spiro atoms. The lowest BCUT2D eigenvalue weighted by Gasteiger charge is -2.08. The maximum absolute atomic E-state index is 13.6. The minimum atomic E-state index is -1.66. The first-order chi connectivity index (χ1) is 11.9. The molecule has 1 aromatic carbocycles. The fraction of sp³-hybridized carbons (Fsp3) is 0.0625. The zero-order chi connectivity index (χ0) is 18.0. The van der Waals surface area contributed by atoms with Gasteiger partial charge in [-0.15, -0.1) is 0 Å². The van der Waals surface area contributed by atoms with Gasteiger partial charge >= 0.3 is 0 Å². The van der Waals surface area contributed by atoms with Gasteiger partial charge in [-0.1, -0.05) is 5.16 Å². The molecule has 128 valence electrons. The van der Waals surface area contributed by atoms with Gasteiger partial charge in [0.05, 0.1) is 5.69 Å². The molecule has 0 fully saturated rings. The molecule has 0 unspecified atom stereocenters. The van der Waals surface area contributed by atoms with Crippen LogP contribution >= 0.6 is 0 Å². The van der Waals surface area contributed by atoms with Crippen LogP contribution in [0.4, 0.5) is 30.4 Å². The second-order valence-electron chi connectivity index (χ2n) is 5.05. The molecule has 3 rings (SSSR count). The number of carbonyl (C=O) groups excluding carboxylic acids is 1. The summed E-state index contributed by atoms with van der Waals surface area (Å²) in [5, 5.41) is 8.80. The summed E-state index contributed by atoms with van der Waals surface area (Å²) in [6.45, 7) is 1.72. The third-order valence-corrected chi connectivity index (χ3v) is 3.18. The number of aryl methyl sites for hydroxylation is 1. The highest BCUT2D eigenvalue weighted by Crippen LogP contribution is 2.21. The number of nitrogens with one attached hydrogen (secondary N) is 2. The van der Waals surface area contributed by atoms with E-state index in [4.69, 9.17) is 4.52 Å². The largest absolute Gasteiger partial charge is 0.360 e. The summed E-state index contributed by atoms with van der Waals surface area (Å²) in [5.41, 5.74) is -0.0650. The third kappa shape index (κ3) is 3.60. The maximum Gasteiger partial charge on any atom is 0.274 e. The summed E-state index contributed by atoms with van der Waals surface area (Å²) in [6.07, 6.45) is 1.35. The van der Waals surface area contributed by atoms with Crippen LogP contribution in [0.2, 0.25) is 0 Å². The Morgan fingerprint density at radius 1 is 1.12 bits per heavy atom. The zero-order valence-electron chi connectivity index (χ0n) is 12.8. The molecule has 0 atom stereocenters. The molecule has 0 saturated heterocycles. The summed E-state index contributed by atoms with van der Waals surface area (Å²) in [7, 11) is 0. The lowest BCUT2D eigenvalue weighted by Crippen LogP contribution is -2.15. The van der Waals surface area contributed by atoms with Crippen LogP contribution in [0.25, 0.3) is 0 Å². The SMILES string of the molecule is Cc1cc(Nc2ccnc(C(=O)Nc3ccc(F)c(F)c3F)c2)no1. The lowest BCUT2D eigenvalue weighted by atomic mass is 10.2. The van der Waals surface area contributed by atoms with Crippen LogP contribution in [-0.2, 0) is 0 Å². The Balaban J connectivity index is 1.79. The quantitative estimate of drug-likeness (QED) is 0.701. The van der Waals surface area contributed by atoms with E-state index in [0.717, 1.165) is 6.07 Å². The monoisotopic (exact) mass is 348 g/mol. The van der Waals surface area contributed by atoms with E-state index in [9.17, 15) is 18.0 Å². The van der Waals surface area contributed by atoms with Crippen molar-refractivity contribution in [3.8, 4) is 0 Å². The standard InChI is InChI=1S/C16H11F3N4O2/c1-8-6-13(23-25-8)21-9-4-5-20-12(7-9)16(24)22-11-3-2-10(17)14(18)15(11)19/h2-7H,1H3,(H,22,24)(H,20,21,23). The number of amides is 1. The van der Waals surface area contributed by atoms with Crippen molar-refractivity contribution in [1.82, 2.24) is 10.1 Å². The van der Waals surface area contributed by atoms with Gasteiger partial charge in [0.25, 0.3) is 5.91 Å². The Kier molecular flexibility index (Phi) is 4.38. The Morgan fingerprint density at radius 3 is 2.64 bits per heavy atom. The molecule has 2 aromatic heterocycles. The number of pyridine rings is 1. The number of hydrogen-bond acceptors (Lipinski definition) is 5. The number of halogens is 3. The van der Waals surface area contributed by atoms with Crippen LogP contribution in [0, 0.1) is 24.4 Å². The molecule has 3 aromatic rings. The Hall–Kier alpha value is -3.36. The van der Waals surface area contributed by atoms with E-state index in [1.165, 1.54) is 12.3 Å². The van der Waals surface area contributed by atoms with E-state index in [0.29, 0.717) is 23.3 Å². The molecular formula is C16H11F3N4O2. The smallest absolute Gasteiger partial charge is 0.274 e. The van der Waals surface area contributed by atoms with Gasteiger partial charge < -0.3 is 15.2 Å². The molecule has 0 saturated carbocycles. The summed E-state index contributed by atoms with van der Waals surface area (Å²) in [6, 6.07) is 6.26. The van der Waals surface area contributed by atoms with Crippen molar-refractivity contribution in [2.75, 3.05) is 10.6 Å². The molecule has 0 aliphatic carbocycles. The maximum atomic E-state index is 13.6. The van der Waals surface area contributed by atoms with E-state index < -0.39 is 29.0 Å². The molecule has 25 heavy (non-hydrogen) atoms. The molecule has 9 heteroatoms. The lowest BCUT2D eigenvalue weighted by molar-refractivity contribution is 0.102. The normalized spacial score (nSPS) is 10.6. The predicted molar refractivity (Wildman–Crippen MR) is 83.0 cm³/mol. The van der Waals surface area contributed by atoms with Gasteiger partial charge in [0, 0.05) is 18.0 Å². The van der Waals surface area contributed by atoms with Crippen LogP contribution < -0.4 is 10.6 Å². The Morgan fingerprint density at radius 2 is 1.92 bits per heavy atom. The molecule has 0 bridgehead atoms. The van der Waals surface area contributed by atoms with Crippen LogP contribution in [0.1, 0.15) is 16.2 Å². The molecule has 0 aliphatic rings. The van der Waals surface area contributed by atoms with E-state index in [2.05, 4.69) is 20.8 Å². The van der Waals surface area contributed by atoms with Crippen molar-refractivity contribution in [3.05, 3.63) is 65.4 Å². The van der Waals surface area contributed by atoms with Crippen molar-refractivity contribution in [3.63, 3.8) is 0 Å². The number of anilines is 3. The molecule has 2 heterocycles. The van der Waals surface area contributed by atoms with Crippen LogP contribution in [-0.4, -0.2) is 16.0 Å². The van der Waals surface area contributed by atoms with E-state index in [1.54, 1.807) is 19.1 Å². The molecule has 0 radical (unpaired) electrons. The van der Waals surface area contributed by atoms with Crippen LogP contribution in [0.15, 0.2) is 41.1 Å². The van der Waals surface area contributed by atoms with Crippen molar-refractivity contribution >= 4 is 23.1 Å². The second kappa shape index (κ2) is 6.63. The third-order valence-electron chi connectivity index (χ3n) is 3.18. The molecule has 1 amide bonds. The number of benzene rings is 1. The highest BCUT2D eigenvalue weighted by atomic mass is 19.2. The molecular weight excluding hydrogens is 337 g/mol. The summed E-state index contributed by atoms with van der Waals surface area (Å²) in [5.74, 6) is -4.25. The van der Waals surface area contributed by atoms with E-state index in [1.807, 2.05) is 0 Å². The van der Waals surface area contributed by atoms with Gasteiger partial charge in [0.1, 0.15) is 11.5 Å². The number of rotatable bonds is 4. The van der Waals surface area contributed by atoms with E-state index in [-0.39, 0.29) is 5.69 Å². The van der Waals surface area contributed by atoms with Crippen LogP contribution in [0.3, 0.4) is 0 Å². The fourth-order valence-electron chi connectivity index (χ4n) is 2.01. The first kappa shape index (κ1) is 16.5. The average molecular weight is 348 g/mol. The predicted octanol–water partition coefficient (Wildman–Crippen LogP) is 3.79. The summed E-state index contributed by atoms with van der Waals surface area (Å²) in [4.78, 5) is 16.0. The van der Waals surface area contributed by atoms with Crippen molar-refractivity contribution < 1.29 is 22.5 Å². The highest BCUT2D eigenvalue weighted by Gasteiger charge is 2.17. The van der Waals surface area contributed by atoms with Crippen molar-refractivity contribution in [1.29, 1.82) is 0 Å². The first-order valence-corrected chi connectivity index (χ1v) is 7.05. The number of hydrogen-bond donors (Lipinski definition) is 2. The van der Waals surface area contributed by atoms with Crippen LogP contribution in [0.5, 0.6) is 0 Å². The highest BCUT2D eigenvalue weighted by molar-refractivity contribution is 6.03. The van der Waals surface area contributed by atoms with Gasteiger partial charge in [-0.3, -0.25) is 9.78 Å². The fourth-order valence-corrected chi connectivity index (χ4v) is 2.01. The molecule has 0 aliphatic heterocycles. The minimum absolute atomic E-state index is 0.0608. The number of aromatic nitrogens is 2. The number of carbonyl (C=O) groups is 1. The summed E-state index contributed by atoms with van der Waals surface area (Å²) >= 11 is 0. The topological polar surface area (TPSA) is 80.0 Å². The van der Waals surface area contributed by atoms with E-state index >= 15 is 0 Å². The number of nitrogens with zero attached hydrogens (tertiary/aromatic N) is 2. The van der Waals surface area contributed by atoms with Crippen molar-refractivity contribution in [2.24, 2.45) is 0 Å². The van der Waals surface area contributed by atoms with Gasteiger partial charge in [-0.2, -0.15) is 0 Å². The Bertz CT molecular complexity index is 943. The van der Waals surface area contributed by atoms with Gasteiger partial charge in [-0.05, 0) is 31.2 Å². The van der Waals surface area contributed by atoms with Gasteiger partial charge in [0.15, 0.2) is 23.3 Å². The molecule has 2 N–H and O–H groups in total. The second-order valence-corrected chi connectivity index (χ2v) is 5.05.